The summed E-state index contributed by atoms with van der Waals surface area (Å²) in [4.78, 5) is 23.9. The molecular weight excluding hydrogens is 408 g/mol. The van der Waals surface area contributed by atoms with Crippen molar-refractivity contribution >= 4 is 60.4 Å². The summed E-state index contributed by atoms with van der Waals surface area (Å²) in [7, 11) is -3.63. The Bertz CT molecular complexity index is 1160. The molecule has 3 rings (SSSR count). The number of sulfonamides is 1. The minimum atomic E-state index is -3.63. The van der Waals surface area contributed by atoms with Crippen LogP contribution in [0, 0.1) is 0 Å². The molecule has 1 atom stereocenters. The zero-order chi connectivity index (χ0) is 19.6. The van der Waals surface area contributed by atoms with E-state index in [2.05, 4.69) is 10.0 Å². The number of fused-ring (bicyclic) bond motifs is 1. The van der Waals surface area contributed by atoms with E-state index in [9.17, 15) is 22.6 Å². The average Bonchev–Trinajstić information content (AvgIpc) is 2.63. The predicted octanol–water partition coefficient (Wildman–Crippen LogP) is 2.37. The van der Waals surface area contributed by atoms with E-state index in [1.165, 1.54) is 17.5 Å². The maximum Gasteiger partial charge on any atom is 0.229 e. The number of benzene rings is 2. The van der Waals surface area contributed by atoms with Crippen LogP contribution in [0.15, 0.2) is 62.4 Å². The van der Waals surface area contributed by atoms with E-state index in [-0.39, 0.29) is 21.7 Å². The fourth-order valence-electron chi connectivity index (χ4n) is 2.42. The zero-order valence-corrected chi connectivity index (χ0v) is 16.4. The summed E-state index contributed by atoms with van der Waals surface area (Å²) in [6.45, 7) is 0. The zero-order valence-electron chi connectivity index (χ0n) is 14.0. The monoisotopic (exact) mass is 422 g/mol. The Kier molecular flexibility index (Phi) is 5.51. The fraction of sp³-hybridized carbons (Fsp3) is 0.0588. The van der Waals surface area contributed by atoms with Crippen LogP contribution in [0.4, 0.5) is 11.4 Å². The Balaban J connectivity index is 2.26. The van der Waals surface area contributed by atoms with Gasteiger partial charge in [0.25, 0.3) is 0 Å². The molecule has 10 heteroatoms. The van der Waals surface area contributed by atoms with Gasteiger partial charge in [-0.3, -0.25) is 14.3 Å². The number of rotatable bonds is 6. The molecule has 1 unspecified atom stereocenters. The number of amides is 1. The topological polar surface area (TPSA) is 115 Å². The summed E-state index contributed by atoms with van der Waals surface area (Å²) in [5.41, 5.74) is -0.199. The molecule has 0 aliphatic heterocycles. The third kappa shape index (κ3) is 4.30. The quantitative estimate of drug-likeness (QED) is 0.467. The number of anilines is 2. The molecule has 2 aromatic carbocycles. The molecule has 0 fully saturated rings. The van der Waals surface area contributed by atoms with Crippen LogP contribution in [0.3, 0.4) is 0 Å². The van der Waals surface area contributed by atoms with Gasteiger partial charge in [-0.05, 0) is 18.2 Å². The van der Waals surface area contributed by atoms with E-state index < -0.39 is 26.6 Å². The number of carbonyl (C=O) groups excluding carboxylic acids is 1. The van der Waals surface area contributed by atoms with Crippen LogP contribution in [0.2, 0.25) is 0 Å². The molecule has 0 bridgehead atoms. The molecule has 1 amide bonds. The number of carbonyl (C=O) groups is 1. The van der Waals surface area contributed by atoms with Gasteiger partial charge in [0.2, 0.25) is 21.9 Å². The van der Waals surface area contributed by atoms with E-state index in [4.69, 9.17) is 0 Å². The highest BCUT2D eigenvalue weighted by Gasteiger charge is 2.23. The van der Waals surface area contributed by atoms with Crippen molar-refractivity contribution in [2.45, 2.75) is 9.79 Å². The number of hydrogen-bond donors (Lipinski definition) is 2. The molecular formula is C17H14N2O5S3. The van der Waals surface area contributed by atoms with Gasteiger partial charge in [-0.15, -0.1) is 11.3 Å². The van der Waals surface area contributed by atoms with Crippen molar-refractivity contribution < 1.29 is 17.8 Å². The van der Waals surface area contributed by atoms with Crippen molar-refractivity contribution in [2.75, 3.05) is 16.3 Å². The Labute approximate surface area is 162 Å². The number of hydrogen-bond acceptors (Lipinski definition) is 6. The molecule has 0 spiro atoms. The van der Waals surface area contributed by atoms with Gasteiger partial charge in [0.1, 0.15) is 5.69 Å². The molecule has 2 N–H and O–H groups in total. The van der Waals surface area contributed by atoms with Gasteiger partial charge in [-0.25, -0.2) is 8.42 Å². The van der Waals surface area contributed by atoms with Gasteiger partial charge in [-0.2, -0.15) is 0 Å². The van der Waals surface area contributed by atoms with Crippen molar-refractivity contribution in [1.29, 1.82) is 0 Å². The fourth-order valence-corrected chi connectivity index (χ4v) is 5.13. The molecule has 0 saturated carbocycles. The van der Waals surface area contributed by atoms with Crippen LogP contribution in [0.1, 0.15) is 0 Å². The first kappa shape index (κ1) is 19.4. The van der Waals surface area contributed by atoms with Crippen LogP contribution in [0.25, 0.3) is 10.1 Å². The first-order valence-electron chi connectivity index (χ1n) is 7.54. The van der Waals surface area contributed by atoms with E-state index in [0.717, 1.165) is 17.6 Å². The summed E-state index contributed by atoms with van der Waals surface area (Å²) in [5.74, 6) is 0. The summed E-state index contributed by atoms with van der Waals surface area (Å²) >= 11 is -0.560. The van der Waals surface area contributed by atoms with Crippen molar-refractivity contribution in [1.82, 2.24) is 0 Å². The molecule has 0 saturated heterocycles. The molecule has 27 heavy (non-hydrogen) atoms. The maximum atomic E-state index is 13.0. The van der Waals surface area contributed by atoms with Crippen LogP contribution in [-0.2, 0) is 26.0 Å². The largest absolute Gasteiger partial charge is 0.606 e. The third-order valence-corrected chi connectivity index (χ3v) is 6.52. The van der Waals surface area contributed by atoms with E-state index in [0.29, 0.717) is 16.0 Å². The molecule has 0 radical (unpaired) electrons. The second-order valence-electron chi connectivity index (χ2n) is 5.54. The normalized spacial score (nSPS) is 12.5. The van der Waals surface area contributed by atoms with E-state index in [1.54, 1.807) is 30.3 Å². The SMILES string of the molecule is CS(=O)(=O)Nc1cc2scc(NC=O)c(=O)c2cc1[S+]([O-])c1ccccc1. The summed E-state index contributed by atoms with van der Waals surface area (Å²) in [6, 6.07) is 11.4. The first-order valence-corrected chi connectivity index (χ1v) is 11.5. The standard InChI is InChI=1S/C17H14N2O5S3/c1-27(23,24)19-13-8-15-12(17(21)14(9-25-15)18-10-20)7-16(13)26(22)11-5-3-2-4-6-11/h2-10,19H,1H3,(H,18,20). The van der Waals surface area contributed by atoms with Gasteiger partial charge >= 0.3 is 0 Å². The lowest BCUT2D eigenvalue weighted by atomic mass is 10.2. The van der Waals surface area contributed by atoms with Crippen LogP contribution >= 0.6 is 11.3 Å². The van der Waals surface area contributed by atoms with Crippen LogP contribution in [-0.4, -0.2) is 25.6 Å². The molecule has 7 nitrogen and oxygen atoms in total. The van der Waals surface area contributed by atoms with E-state index >= 15 is 0 Å². The molecule has 0 aliphatic rings. The molecule has 140 valence electrons. The minimum Gasteiger partial charge on any atom is -0.606 e. The second-order valence-corrected chi connectivity index (χ2v) is 9.65. The van der Waals surface area contributed by atoms with Crippen molar-refractivity contribution in [3.05, 3.63) is 58.1 Å². The van der Waals surface area contributed by atoms with Gasteiger partial charge < -0.3 is 9.87 Å². The van der Waals surface area contributed by atoms with Crippen molar-refractivity contribution in [3.8, 4) is 0 Å². The lowest BCUT2D eigenvalue weighted by molar-refractivity contribution is -0.105. The summed E-state index contributed by atoms with van der Waals surface area (Å²) in [6.07, 6.45) is 1.39. The number of nitrogens with one attached hydrogen (secondary N) is 2. The highest BCUT2D eigenvalue weighted by Crippen LogP contribution is 2.33. The van der Waals surface area contributed by atoms with Gasteiger partial charge in [0, 0.05) is 32.7 Å². The van der Waals surface area contributed by atoms with Gasteiger partial charge in [0.05, 0.1) is 11.9 Å². The Morgan fingerprint density at radius 2 is 1.85 bits per heavy atom. The lowest BCUT2D eigenvalue weighted by Crippen LogP contribution is -2.15. The highest BCUT2D eigenvalue weighted by atomic mass is 32.2. The molecule has 1 heterocycles. The van der Waals surface area contributed by atoms with Gasteiger partial charge in [-0.1, -0.05) is 18.2 Å². The highest BCUT2D eigenvalue weighted by molar-refractivity contribution is 7.93. The van der Waals surface area contributed by atoms with Crippen LogP contribution in [0.5, 0.6) is 0 Å². The summed E-state index contributed by atoms with van der Waals surface area (Å²) in [5, 5.41) is 4.04. The minimum absolute atomic E-state index is 0.0998. The Morgan fingerprint density at radius 3 is 2.48 bits per heavy atom. The van der Waals surface area contributed by atoms with Gasteiger partial charge in [0.15, 0.2) is 9.79 Å². The van der Waals surface area contributed by atoms with Crippen molar-refractivity contribution in [2.24, 2.45) is 0 Å². The predicted molar refractivity (Wildman–Crippen MR) is 107 cm³/mol. The molecule has 3 aromatic rings. The summed E-state index contributed by atoms with van der Waals surface area (Å²) < 4.78 is 39.4. The second kappa shape index (κ2) is 7.69. The average molecular weight is 423 g/mol. The third-order valence-electron chi connectivity index (χ3n) is 3.54. The van der Waals surface area contributed by atoms with Crippen molar-refractivity contribution in [3.63, 3.8) is 0 Å². The Morgan fingerprint density at radius 1 is 1.15 bits per heavy atom. The maximum absolute atomic E-state index is 13.0. The van der Waals surface area contributed by atoms with Crippen LogP contribution < -0.4 is 15.5 Å². The Hall–Kier alpha value is -2.40. The van der Waals surface area contributed by atoms with E-state index in [1.807, 2.05) is 0 Å². The smallest absolute Gasteiger partial charge is 0.229 e. The first-order chi connectivity index (χ1) is 12.8. The lowest BCUT2D eigenvalue weighted by Gasteiger charge is -2.15. The molecule has 0 aliphatic carbocycles. The molecule has 1 aromatic heterocycles.